The van der Waals surface area contributed by atoms with Crippen LogP contribution in [-0.4, -0.2) is 26.5 Å². The maximum Gasteiger partial charge on any atom is 0.227 e. The Morgan fingerprint density at radius 2 is 2.18 bits per heavy atom. The molecule has 1 aromatic carbocycles. The highest BCUT2D eigenvalue weighted by molar-refractivity contribution is 5.83. The molecule has 2 rings (SSSR count). The summed E-state index contributed by atoms with van der Waals surface area (Å²) in [7, 11) is 0. The van der Waals surface area contributed by atoms with Gasteiger partial charge >= 0.3 is 0 Å². The van der Waals surface area contributed by atoms with Gasteiger partial charge in [0.15, 0.2) is 5.82 Å². The van der Waals surface area contributed by atoms with Gasteiger partial charge in [-0.15, -0.1) is 10.2 Å². The fraction of sp³-hybridized carbons (Fsp3) is 0.273. The molecule has 88 valence electrons. The number of hydrogen-bond acceptors (Lipinski definition) is 4. The number of amides is 1. The first kappa shape index (κ1) is 11.3. The number of H-pyrrole nitrogens is 1. The predicted octanol–water partition coefficient (Wildman–Crippen LogP) is 0.620. The normalized spacial score (nSPS) is 12.1. The molecule has 6 heteroatoms. The van der Waals surface area contributed by atoms with E-state index in [-0.39, 0.29) is 18.4 Å². The van der Waals surface area contributed by atoms with Crippen molar-refractivity contribution >= 4 is 5.91 Å². The molecule has 1 aromatic heterocycles. The van der Waals surface area contributed by atoms with Gasteiger partial charge in [0.1, 0.15) is 0 Å². The molecule has 0 aliphatic heterocycles. The average molecular weight is 231 g/mol. The SMILES string of the molecule is CC(C(=O)NCc1nn[nH]n1)c1ccccc1. The Bertz CT molecular complexity index is 468. The summed E-state index contributed by atoms with van der Waals surface area (Å²) in [6.07, 6.45) is 0. The summed E-state index contributed by atoms with van der Waals surface area (Å²) in [6.45, 7) is 2.15. The molecule has 2 aromatic rings. The van der Waals surface area contributed by atoms with Gasteiger partial charge in [-0.2, -0.15) is 5.21 Å². The van der Waals surface area contributed by atoms with Crippen molar-refractivity contribution in [2.45, 2.75) is 19.4 Å². The van der Waals surface area contributed by atoms with Crippen LogP contribution < -0.4 is 5.32 Å². The number of tetrazole rings is 1. The van der Waals surface area contributed by atoms with Crippen LogP contribution in [0.4, 0.5) is 0 Å². The van der Waals surface area contributed by atoms with Crippen molar-refractivity contribution < 1.29 is 4.79 Å². The van der Waals surface area contributed by atoms with Gasteiger partial charge in [-0.05, 0) is 12.5 Å². The molecular formula is C11H13N5O. The Labute approximate surface area is 98.4 Å². The summed E-state index contributed by atoms with van der Waals surface area (Å²) in [6, 6.07) is 9.61. The van der Waals surface area contributed by atoms with E-state index in [2.05, 4.69) is 25.9 Å². The van der Waals surface area contributed by atoms with Crippen LogP contribution in [0, 0.1) is 0 Å². The summed E-state index contributed by atoms with van der Waals surface area (Å²) >= 11 is 0. The molecule has 1 unspecified atom stereocenters. The van der Waals surface area contributed by atoms with Crippen LogP contribution in [0.5, 0.6) is 0 Å². The van der Waals surface area contributed by atoms with Crippen LogP contribution in [0.2, 0.25) is 0 Å². The zero-order valence-electron chi connectivity index (χ0n) is 9.42. The maximum absolute atomic E-state index is 11.8. The molecule has 0 bridgehead atoms. The molecular weight excluding hydrogens is 218 g/mol. The summed E-state index contributed by atoms with van der Waals surface area (Å²) in [5, 5.41) is 16.0. The van der Waals surface area contributed by atoms with Gasteiger partial charge in [0.25, 0.3) is 0 Å². The number of carbonyl (C=O) groups is 1. The highest BCUT2D eigenvalue weighted by atomic mass is 16.1. The minimum atomic E-state index is -0.192. The van der Waals surface area contributed by atoms with Crippen molar-refractivity contribution in [3.05, 3.63) is 41.7 Å². The monoisotopic (exact) mass is 231 g/mol. The van der Waals surface area contributed by atoms with E-state index in [1.165, 1.54) is 0 Å². The van der Waals surface area contributed by atoms with Gasteiger partial charge < -0.3 is 5.32 Å². The van der Waals surface area contributed by atoms with Gasteiger partial charge in [-0.3, -0.25) is 4.79 Å². The molecule has 0 saturated carbocycles. The number of carbonyl (C=O) groups excluding carboxylic acids is 1. The van der Waals surface area contributed by atoms with Crippen molar-refractivity contribution in [3.63, 3.8) is 0 Å². The first-order valence-electron chi connectivity index (χ1n) is 5.32. The van der Waals surface area contributed by atoms with Crippen LogP contribution in [0.25, 0.3) is 0 Å². The van der Waals surface area contributed by atoms with Gasteiger partial charge in [0, 0.05) is 0 Å². The minimum absolute atomic E-state index is 0.0546. The molecule has 0 radical (unpaired) electrons. The summed E-state index contributed by atoms with van der Waals surface area (Å²) < 4.78 is 0. The number of nitrogens with one attached hydrogen (secondary N) is 2. The van der Waals surface area contributed by atoms with E-state index >= 15 is 0 Å². The van der Waals surface area contributed by atoms with E-state index < -0.39 is 0 Å². The van der Waals surface area contributed by atoms with Crippen molar-refractivity contribution in [3.8, 4) is 0 Å². The third-order valence-corrected chi connectivity index (χ3v) is 2.50. The molecule has 17 heavy (non-hydrogen) atoms. The van der Waals surface area contributed by atoms with Crippen LogP contribution in [-0.2, 0) is 11.3 Å². The van der Waals surface area contributed by atoms with E-state index in [4.69, 9.17) is 0 Å². The number of hydrogen-bond donors (Lipinski definition) is 2. The Morgan fingerprint density at radius 1 is 1.41 bits per heavy atom. The van der Waals surface area contributed by atoms with E-state index in [9.17, 15) is 4.79 Å². The second-order valence-corrected chi connectivity index (χ2v) is 3.68. The molecule has 0 saturated heterocycles. The molecule has 1 amide bonds. The fourth-order valence-electron chi connectivity index (χ4n) is 1.47. The van der Waals surface area contributed by atoms with E-state index in [0.717, 1.165) is 5.56 Å². The molecule has 2 N–H and O–H groups in total. The summed E-state index contributed by atoms with van der Waals surface area (Å²) in [5.41, 5.74) is 0.984. The third kappa shape index (κ3) is 2.87. The van der Waals surface area contributed by atoms with Crippen molar-refractivity contribution in [1.29, 1.82) is 0 Å². The van der Waals surface area contributed by atoms with Crippen molar-refractivity contribution in [2.75, 3.05) is 0 Å². The molecule has 0 spiro atoms. The second-order valence-electron chi connectivity index (χ2n) is 3.68. The lowest BCUT2D eigenvalue weighted by Gasteiger charge is -2.11. The van der Waals surface area contributed by atoms with Gasteiger partial charge in [0.05, 0.1) is 12.5 Å². The largest absolute Gasteiger partial charge is 0.348 e. The Hall–Kier alpha value is -2.24. The second kappa shape index (κ2) is 5.20. The first-order chi connectivity index (χ1) is 8.27. The van der Waals surface area contributed by atoms with E-state index in [0.29, 0.717) is 5.82 Å². The lowest BCUT2D eigenvalue weighted by atomic mass is 10.0. The highest BCUT2D eigenvalue weighted by Crippen LogP contribution is 2.14. The predicted molar refractivity (Wildman–Crippen MR) is 60.9 cm³/mol. The number of aromatic amines is 1. The molecule has 0 aliphatic rings. The minimum Gasteiger partial charge on any atom is -0.348 e. The van der Waals surface area contributed by atoms with Crippen LogP contribution in [0.3, 0.4) is 0 Å². The lowest BCUT2D eigenvalue weighted by molar-refractivity contribution is -0.122. The average Bonchev–Trinajstić information content (AvgIpc) is 2.89. The molecule has 1 atom stereocenters. The van der Waals surface area contributed by atoms with Crippen molar-refractivity contribution in [2.24, 2.45) is 0 Å². The van der Waals surface area contributed by atoms with Gasteiger partial charge in [-0.1, -0.05) is 35.5 Å². The van der Waals surface area contributed by atoms with Crippen LogP contribution in [0.1, 0.15) is 24.2 Å². The summed E-state index contributed by atoms with van der Waals surface area (Å²) in [5.74, 6) is 0.225. The Kier molecular flexibility index (Phi) is 3.44. The first-order valence-corrected chi connectivity index (χ1v) is 5.32. The maximum atomic E-state index is 11.8. The van der Waals surface area contributed by atoms with E-state index in [1.54, 1.807) is 0 Å². The van der Waals surface area contributed by atoms with Gasteiger partial charge in [0.2, 0.25) is 5.91 Å². The zero-order chi connectivity index (χ0) is 12.1. The van der Waals surface area contributed by atoms with E-state index in [1.807, 2.05) is 37.3 Å². The number of aromatic nitrogens is 4. The molecule has 6 nitrogen and oxygen atoms in total. The number of benzene rings is 1. The fourth-order valence-corrected chi connectivity index (χ4v) is 1.47. The van der Waals surface area contributed by atoms with Crippen LogP contribution in [0.15, 0.2) is 30.3 Å². The molecule has 0 fully saturated rings. The Morgan fingerprint density at radius 3 is 2.82 bits per heavy atom. The quantitative estimate of drug-likeness (QED) is 0.808. The Balaban J connectivity index is 1.92. The topological polar surface area (TPSA) is 83.6 Å². The number of rotatable bonds is 4. The molecule has 1 heterocycles. The van der Waals surface area contributed by atoms with Gasteiger partial charge in [-0.25, -0.2) is 0 Å². The zero-order valence-corrected chi connectivity index (χ0v) is 9.42. The smallest absolute Gasteiger partial charge is 0.227 e. The van der Waals surface area contributed by atoms with Crippen molar-refractivity contribution in [1.82, 2.24) is 25.9 Å². The third-order valence-electron chi connectivity index (χ3n) is 2.50. The highest BCUT2D eigenvalue weighted by Gasteiger charge is 2.14. The van der Waals surface area contributed by atoms with Crippen LogP contribution >= 0.6 is 0 Å². The standard InChI is InChI=1S/C11H13N5O/c1-8(9-5-3-2-4-6-9)11(17)12-7-10-13-15-16-14-10/h2-6,8H,7H2,1H3,(H,12,17)(H,13,14,15,16). The summed E-state index contributed by atoms with van der Waals surface area (Å²) in [4.78, 5) is 11.8. The molecule has 0 aliphatic carbocycles. The number of nitrogens with zero attached hydrogens (tertiary/aromatic N) is 3. The lowest BCUT2D eigenvalue weighted by Crippen LogP contribution is -2.27.